The van der Waals surface area contributed by atoms with Crippen LogP contribution < -0.4 is 10.1 Å². The van der Waals surface area contributed by atoms with E-state index in [1.807, 2.05) is 38.2 Å². The molecule has 104 valence electrons. The quantitative estimate of drug-likeness (QED) is 0.877. The molecule has 0 aliphatic carbocycles. The van der Waals surface area contributed by atoms with Crippen LogP contribution in [0.2, 0.25) is 0 Å². The van der Waals surface area contributed by atoms with Crippen molar-refractivity contribution in [2.75, 3.05) is 26.7 Å². The lowest BCUT2D eigenvalue weighted by Crippen LogP contribution is -2.33. The summed E-state index contributed by atoms with van der Waals surface area (Å²) in [6.07, 6.45) is 0.941. The number of benzene rings is 1. The van der Waals surface area contributed by atoms with E-state index in [9.17, 15) is 4.79 Å². The van der Waals surface area contributed by atoms with Gasteiger partial charge in [-0.2, -0.15) is 0 Å². The van der Waals surface area contributed by atoms with Gasteiger partial charge in [-0.15, -0.1) is 0 Å². The summed E-state index contributed by atoms with van der Waals surface area (Å²) in [6.45, 7) is 4.96. The van der Waals surface area contributed by atoms with Gasteiger partial charge in [0, 0.05) is 25.7 Å². The van der Waals surface area contributed by atoms with Crippen LogP contribution in [0.3, 0.4) is 0 Å². The summed E-state index contributed by atoms with van der Waals surface area (Å²) < 4.78 is 5.59. The Morgan fingerprint density at radius 3 is 2.95 bits per heavy atom. The molecule has 1 saturated heterocycles. The minimum atomic E-state index is 0.129. The maximum absolute atomic E-state index is 12.3. The average Bonchev–Trinajstić information content (AvgIpc) is 2.94. The zero-order valence-electron chi connectivity index (χ0n) is 11.7. The van der Waals surface area contributed by atoms with Crippen molar-refractivity contribution < 1.29 is 9.53 Å². The van der Waals surface area contributed by atoms with Crippen LogP contribution in [0.5, 0.6) is 5.75 Å². The summed E-state index contributed by atoms with van der Waals surface area (Å²) in [5, 5.41) is 3.23. The van der Waals surface area contributed by atoms with Crippen LogP contribution in [0.15, 0.2) is 24.3 Å². The minimum Gasteiger partial charge on any atom is -0.494 e. The molecule has 1 aliphatic rings. The first kappa shape index (κ1) is 13.9. The molecule has 1 N–H and O–H groups in total. The van der Waals surface area contributed by atoms with Gasteiger partial charge in [0.1, 0.15) is 5.75 Å². The third-order valence-electron chi connectivity index (χ3n) is 3.47. The van der Waals surface area contributed by atoms with E-state index < -0.39 is 0 Å². The van der Waals surface area contributed by atoms with E-state index in [1.54, 1.807) is 4.90 Å². The van der Waals surface area contributed by atoms with E-state index >= 15 is 0 Å². The van der Waals surface area contributed by atoms with Gasteiger partial charge < -0.3 is 15.0 Å². The van der Waals surface area contributed by atoms with Gasteiger partial charge in [-0.25, -0.2) is 0 Å². The molecular formula is C15H22N2O2. The molecule has 1 amide bonds. The molecule has 2 rings (SSSR count). The average molecular weight is 262 g/mol. The Labute approximate surface area is 114 Å². The Bertz CT molecular complexity index is 428. The fraction of sp³-hybridized carbons (Fsp3) is 0.533. The molecule has 0 spiro atoms. The molecule has 0 bridgehead atoms. The SMILES string of the molecule is CCOc1ccccc1CN(C)C(=O)[C@H]1CCNC1. The van der Waals surface area contributed by atoms with E-state index in [-0.39, 0.29) is 11.8 Å². The van der Waals surface area contributed by atoms with E-state index in [1.165, 1.54) is 0 Å². The van der Waals surface area contributed by atoms with Crippen molar-refractivity contribution in [1.82, 2.24) is 10.2 Å². The number of amides is 1. The molecule has 0 aromatic heterocycles. The number of nitrogens with zero attached hydrogens (tertiary/aromatic N) is 1. The van der Waals surface area contributed by atoms with Crippen molar-refractivity contribution in [2.24, 2.45) is 5.92 Å². The fourth-order valence-electron chi connectivity index (χ4n) is 2.44. The van der Waals surface area contributed by atoms with Crippen LogP contribution >= 0.6 is 0 Å². The molecular weight excluding hydrogens is 240 g/mol. The molecule has 1 aromatic carbocycles. The third-order valence-corrected chi connectivity index (χ3v) is 3.47. The molecule has 4 nitrogen and oxygen atoms in total. The Kier molecular flexibility index (Phi) is 4.80. The Morgan fingerprint density at radius 1 is 1.47 bits per heavy atom. The van der Waals surface area contributed by atoms with Crippen molar-refractivity contribution >= 4 is 5.91 Å². The second-order valence-electron chi connectivity index (χ2n) is 4.92. The summed E-state index contributed by atoms with van der Waals surface area (Å²) in [6, 6.07) is 7.90. The van der Waals surface area contributed by atoms with Gasteiger partial charge in [-0.1, -0.05) is 18.2 Å². The predicted octanol–water partition coefficient (Wildman–Crippen LogP) is 1.65. The van der Waals surface area contributed by atoms with Gasteiger partial charge in [-0.3, -0.25) is 4.79 Å². The van der Waals surface area contributed by atoms with Crippen LogP contribution in [0.25, 0.3) is 0 Å². The highest BCUT2D eigenvalue weighted by atomic mass is 16.5. The highest BCUT2D eigenvalue weighted by Gasteiger charge is 2.25. The van der Waals surface area contributed by atoms with Crippen molar-refractivity contribution in [2.45, 2.75) is 19.9 Å². The lowest BCUT2D eigenvalue weighted by molar-refractivity contribution is -0.134. The van der Waals surface area contributed by atoms with Crippen molar-refractivity contribution in [3.63, 3.8) is 0 Å². The molecule has 1 heterocycles. The van der Waals surface area contributed by atoms with Gasteiger partial charge >= 0.3 is 0 Å². The van der Waals surface area contributed by atoms with Gasteiger partial charge in [0.15, 0.2) is 0 Å². The van der Waals surface area contributed by atoms with E-state index in [0.29, 0.717) is 13.2 Å². The normalized spacial score (nSPS) is 18.3. The van der Waals surface area contributed by atoms with Gasteiger partial charge in [-0.05, 0) is 26.0 Å². The zero-order valence-corrected chi connectivity index (χ0v) is 11.7. The highest BCUT2D eigenvalue weighted by Crippen LogP contribution is 2.21. The number of nitrogens with one attached hydrogen (secondary N) is 1. The molecule has 1 fully saturated rings. The van der Waals surface area contributed by atoms with E-state index in [0.717, 1.165) is 30.8 Å². The molecule has 4 heteroatoms. The summed E-state index contributed by atoms with van der Waals surface area (Å²) >= 11 is 0. The molecule has 0 unspecified atom stereocenters. The summed E-state index contributed by atoms with van der Waals surface area (Å²) in [5.74, 6) is 1.22. The van der Waals surface area contributed by atoms with Crippen LogP contribution in [0.4, 0.5) is 0 Å². The molecule has 1 aromatic rings. The standard InChI is InChI=1S/C15H22N2O2/c1-3-19-14-7-5-4-6-13(14)11-17(2)15(18)12-8-9-16-10-12/h4-7,12,16H,3,8-11H2,1-2H3/t12-/m0/s1. The lowest BCUT2D eigenvalue weighted by atomic mass is 10.1. The molecule has 1 aliphatic heterocycles. The topological polar surface area (TPSA) is 41.6 Å². The van der Waals surface area contributed by atoms with Gasteiger partial charge in [0.25, 0.3) is 0 Å². The fourth-order valence-corrected chi connectivity index (χ4v) is 2.44. The highest BCUT2D eigenvalue weighted by molar-refractivity contribution is 5.79. The molecule has 0 radical (unpaired) electrons. The van der Waals surface area contributed by atoms with E-state index in [4.69, 9.17) is 4.74 Å². The predicted molar refractivity (Wildman–Crippen MR) is 75.1 cm³/mol. The van der Waals surface area contributed by atoms with Crippen molar-refractivity contribution in [1.29, 1.82) is 0 Å². The Balaban J connectivity index is 2.01. The zero-order chi connectivity index (χ0) is 13.7. The maximum Gasteiger partial charge on any atom is 0.227 e. The first-order valence-electron chi connectivity index (χ1n) is 6.88. The minimum absolute atomic E-state index is 0.129. The number of carbonyl (C=O) groups is 1. The van der Waals surface area contributed by atoms with Crippen LogP contribution in [0, 0.1) is 5.92 Å². The van der Waals surface area contributed by atoms with Gasteiger partial charge in [0.05, 0.1) is 12.5 Å². The van der Waals surface area contributed by atoms with Gasteiger partial charge in [0.2, 0.25) is 5.91 Å². The first-order valence-corrected chi connectivity index (χ1v) is 6.88. The maximum atomic E-state index is 12.3. The Morgan fingerprint density at radius 2 is 2.26 bits per heavy atom. The number of hydrogen-bond acceptors (Lipinski definition) is 3. The van der Waals surface area contributed by atoms with E-state index in [2.05, 4.69) is 5.32 Å². The number of ether oxygens (including phenoxy) is 1. The second kappa shape index (κ2) is 6.57. The Hall–Kier alpha value is -1.55. The first-order chi connectivity index (χ1) is 9.22. The summed E-state index contributed by atoms with van der Waals surface area (Å²) in [4.78, 5) is 14.1. The summed E-state index contributed by atoms with van der Waals surface area (Å²) in [7, 11) is 1.86. The second-order valence-corrected chi connectivity index (χ2v) is 4.92. The number of para-hydroxylation sites is 1. The monoisotopic (exact) mass is 262 g/mol. The van der Waals surface area contributed by atoms with Crippen molar-refractivity contribution in [3.8, 4) is 5.75 Å². The lowest BCUT2D eigenvalue weighted by Gasteiger charge is -2.22. The van der Waals surface area contributed by atoms with Crippen LogP contribution in [0.1, 0.15) is 18.9 Å². The molecule has 1 atom stereocenters. The largest absolute Gasteiger partial charge is 0.494 e. The summed E-state index contributed by atoms with van der Waals surface area (Å²) in [5.41, 5.74) is 1.06. The van der Waals surface area contributed by atoms with Crippen LogP contribution in [-0.2, 0) is 11.3 Å². The molecule has 19 heavy (non-hydrogen) atoms. The molecule has 0 saturated carbocycles. The smallest absolute Gasteiger partial charge is 0.227 e. The third kappa shape index (κ3) is 3.47. The van der Waals surface area contributed by atoms with Crippen LogP contribution in [-0.4, -0.2) is 37.6 Å². The number of rotatable bonds is 5. The number of hydrogen-bond donors (Lipinski definition) is 1. The van der Waals surface area contributed by atoms with Crippen molar-refractivity contribution in [3.05, 3.63) is 29.8 Å². The number of carbonyl (C=O) groups excluding carboxylic acids is 1.